The molecule has 3 amide bonds. The number of fused-ring (bicyclic) bond motifs is 5. The van der Waals surface area contributed by atoms with Gasteiger partial charge >= 0.3 is 30.1 Å². The summed E-state index contributed by atoms with van der Waals surface area (Å²) in [6, 6.07) is 30.7. The van der Waals surface area contributed by atoms with Crippen molar-refractivity contribution < 1.29 is 52.8 Å². The topological polar surface area (TPSA) is 252 Å². The van der Waals surface area contributed by atoms with Gasteiger partial charge in [0.2, 0.25) is 5.91 Å². The molecule has 0 radical (unpaired) electrons. The molecule has 9 rings (SSSR count). The fourth-order valence-corrected chi connectivity index (χ4v) is 9.97. The molecule has 4 aromatic carbocycles. The highest BCUT2D eigenvalue weighted by atomic mass is 16.6. The van der Waals surface area contributed by atoms with Gasteiger partial charge in [0.15, 0.2) is 0 Å². The minimum atomic E-state index is -1.50. The van der Waals surface area contributed by atoms with Crippen LogP contribution in [0.4, 0.5) is 21.0 Å². The Balaban J connectivity index is 0.000000178. The summed E-state index contributed by atoms with van der Waals surface area (Å²) in [5.74, 6) is -2.08. The maximum atomic E-state index is 12.8. The van der Waals surface area contributed by atoms with Crippen molar-refractivity contribution in [1.82, 2.24) is 24.3 Å². The molecule has 0 saturated carbocycles. The Morgan fingerprint density at radius 3 is 1.71 bits per heavy atom. The first-order valence-corrected chi connectivity index (χ1v) is 26.1. The molecule has 4 heterocycles. The first kappa shape index (κ1) is 56.8. The van der Waals surface area contributed by atoms with E-state index in [1.807, 2.05) is 104 Å². The standard InChI is InChI=1S/C26H30N2O6.C20H28N4O3.C12H14N2O2/c1-25(2,3)34-24(32)28-14-12-26(13-15-28,22(29)30)27-23(31)33-16-21-19-10-6-4-8-17(19)18-9-5-7-11-20(18)21;1-4-24-10-8-20(21,9-11-24)19(26)22-15-6-7-16-14(12-15)13-17(23(16)3)18(25)27-5-2;1-3-16-12(15)11-7-8-6-9(13)4-5-10(8)14(11)2/h4-11,21H,12-16H2,1-3H3,(H,27,31)(H,29,30);6-7,12-13H,4-5,8-11,21H2,1-3H3,(H,22,26);4-7H,3,13H2,1-2H3. The van der Waals surface area contributed by atoms with Gasteiger partial charge in [0, 0.05) is 79.4 Å². The SMILES string of the molecule is CC(C)(C)OC(=O)N1CCC(NC(=O)OCC2c3ccccc3-c3ccccc32)(C(=O)O)CC1.CCOC(=O)c1cc2cc(N)ccc2n1C.CCOC(=O)c1cc2cc(NC(=O)C3(N)CCN(CC)CC3)ccc2n1C. The van der Waals surface area contributed by atoms with Crippen LogP contribution in [0.3, 0.4) is 0 Å². The Kier molecular flexibility index (Phi) is 17.7. The number of carbonyl (C=O) groups is 6. The maximum absolute atomic E-state index is 12.8. The number of ether oxygens (including phenoxy) is 4. The Morgan fingerprint density at radius 2 is 1.21 bits per heavy atom. The number of hydrogen-bond donors (Lipinski definition) is 5. The molecule has 410 valence electrons. The highest BCUT2D eigenvalue weighted by Crippen LogP contribution is 2.44. The van der Waals surface area contributed by atoms with Gasteiger partial charge < -0.3 is 65.1 Å². The fourth-order valence-electron chi connectivity index (χ4n) is 9.97. The van der Waals surface area contributed by atoms with E-state index in [1.54, 1.807) is 51.3 Å². The van der Waals surface area contributed by atoms with Crippen LogP contribution in [0.25, 0.3) is 32.9 Å². The van der Waals surface area contributed by atoms with Gasteiger partial charge in [0.05, 0.1) is 18.8 Å². The summed E-state index contributed by atoms with van der Waals surface area (Å²) in [5, 5.41) is 17.2. The molecule has 19 nitrogen and oxygen atoms in total. The summed E-state index contributed by atoms with van der Waals surface area (Å²) in [5.41, 5.74) is 17.7. The quantitative estimate of drug-likeness (QED) is 0.0464. The van der Waals surface area contributed by atoms with E-state index >= 15 is 0 Å². The molecule has 7 N–H and O–H groups in total. The molecular weight excluding hydrogens is 985 g/mol. The second-order valence-corrected chi connectivity index (χ2v) is 20.6. The lowest BCUT2D eigenvalue weighted by molar-refractivity contribution is -0.146. The van der Waals surface area contributed by atoms with Crippen molar-refractivity contribution in [1.29, 1.82) is 0 Å². The number of anilines is 2. The molecule has 2 fully saturated rings. The lowest BCUT2D eigenvalue weighted by Crippen LogP contribution is -2.61. The summed E-state index contributed by atoms with van der Waals surface area (Å²) < 4.78 is 24.6. The molecule has 6 aromatic rings. The Hall–Kier alpha value is -7.90. The lowest BCUT2D eigenvalue weighted by atomic mass is 9.87. The minimum absolute atomic E-state index is 0.0613. The van der Waals surface area contributed by atoms with Crippen LogP contribution in [-0.4, -0.2) is 129 Å². The number of nitrogens with zero attached hydrogens (tertiary/aromatic N) is 4. The summed E-state index contributed by atoms with van der Waals surface area (Å²) in [7, 11) is 3.66. The van der Waals surface area contributed by atoms with Crippen LogP contribution in [0, 0.1) is 0 Å². The minimum Gasteiger partial charge on any atom is -0.480 e. The zero-order valence-electron chi connectivity index (χ0n) is 45.3. The van der Waals surface area contributed by atoms with Crippen LogP contribution >= 0.6 is 0 Å². The molecule has 1 aliphatic carbocycles. The van der Waals surface area contributed by atoms with Crippen molar-refractivity contribution in [3.05, 3.63) is 120 Å². The van der Waals surface area contributed by atoms with Crippen LogP contribution in [0.5, 0.6) is 0 Å². The first-order chi connectivity index (χ1) is 36.6. The van der Waals surface area contributed by atoms with E-state index in [2.05, 4.69) is 22.5 Å². The van der Waals surface area contributed by atoms with Crippen molar-refractivity contribution in [3.63, 3.8) is 0 Å². The normalized spacial score (nSPS) is 15.6. The largest absolute Gasteiger partial charge is 0.480 e. The molecule has 2 aromatic heterocycles. The van der Waals surface area contributed by atoms with Gasteiger partial charge in [-0.1, -0.05) is 55.5 Å². The van der Waals surface area contributed by atoms with Gasteiger partial charge in [-0.25, -0.2) is 24.0 Å². The number of aromatic nitrogens is 2. The van der Waals surface area contributed by atoms with Gasteiger partial charge in [-0.05, 0) is 138 Å². The zero-order chi connectivity index (χ0) is 55.8. The van der Waals surface area contributed by atoms with Crippen molar-refractivity contribution >= 4 is 69.2 Å². The number of aliphatic carboxylic acids is 1. The van der Waals surface area contributed by atoms with E-state index in [-0.39, 0.29) is 56.3 Å². The number of alkyl carbamates (subject to hydrolysis) is 1. The molecule has 19 heteroatoms. The number of carbonyl (C=O) groups excluding carboxylic acids is 5. The monoisotopic (exact) mass is 1060 g/mol. The van der Waals surface area contributed by atoms with E-state index in [0.717, 1.165) is 63.7 Å². The number of esters is 2. The smallest absolute Gasteiger partial charge is 0.410 e. The van der Waals surface area contributed by atoms with Crippen molar-refractivity contribution in [3.8, 4) is 11.1 Å². The van der Waals surface area contributed by atoms with E-state index in [4.69, 9.17) is 30.4 Å². The third-order valence-corrected chi connectivity index (χ3v) is 14.3. The Morgan fingerprint density at radius 1 is 0.688 bits per heavy atom. The highest BCUT2D eigenvalue weighted by Gasteiger charge is 2.45. The first-order valence-electron chi connectivity index (χ1n) is 26.1. The van der Waals surface area contributed by atoms with Crippen LogP contribution < -0.4 is 22.1 Å². The third-order valence-electron chi connectivity index (χ3n) is 14.3. The lowest BCUT2D eigenvalue weighted by Gasteiger charge is -2.39. The number of rotatable bonds is 11. The number of nitrogens with one attached hydrogen (secondary N) is 2. The predicted octanol–water partition coefficient (Wildman–Crippen LogP) is 8.42. The second-order valence-electron chi connectivity index (χ2n) is 20.6. The van der Waals surface area contributed by atoms with Gasteiger partial charge in [0.25, 0.3) is 0 Å². The van der Waals surface area contributed by atoms with E-state index in [1.165, 1.54) is 4.90 Å². The summed E-state index contributed by atoms with van der Waals surface area (Å²) in [6.45, 7) is 14.8. The van der Waals surface area contributed by atoms with Gasteiger partial charge in [-0.15, -0.1) is 0 Å². The van der Waals surface area contributed by atoms with Crippen molar-refractivity contribution in [2.24, 2.45) is 19.8 Å². The number of likely N-dealkylation sites (tertiary alicyclic amines) is 2. The Labute approximate surface area is 448 Å². The molecule has 3 aliphatic rings. The number of benzene rings is 4. The molecule has 0 bridgehead atoms. The molecule has 0 unspecified atom stereocenters. The number of piperidine rings is 2. The van der Waals surface area contributed by atoms with Crippen LogP contribution in [0.2, 0.25) is 0 Å². The molecule has 0 spiro atoms. The number of amides is 3. The van der Waals surface area contributed by atoms with Gasteiger partial charge in [-0.3, -0.25) is 4.79 Å². The summed E-state index contributed by atoms with van der Waals surface area (Å²) >= 11 is 0. The number of nitrogen functional groups attached to an aromatic ring is 1. The van der Waals surface area contributed by atoms with E-state index in [0.29, 0.717) is 48.8 Å². The van der Waals surface area contributed by atoms with Gasteiger partial charge in [0.1, 0.15) is 29.1 Å². The number of nitrogens with two attached hydrogens (primary N) is 2. The zero-order valence-corrected chi connectivity index (χ0v) is 45.3. The predicted molar refractivity (Wildman–Crippen MR) is 295 cm³/mol. The third kappa shape index (κ3) is 13.0. The number of carboxylic acid groups (broad SMARTS) is 1. The molecule has 2 saturated heterocycles. The van der Waals surface area contributed by atoms with Crippen LogP contribution in [0.15, 0.2) is 97.1 Å². The Bertz CT molecular complexity index is 3090. The van der Waals surface area contributed by atoms with Crippen molar-refractivity contribution in [2.45, 2.75) is 89.8 Å². The number of hydrogen-bond acceptors (Lipinski definition) is 13. The van der Waals surface area contributed by atoms with Gasteiger partial charge in [-0.2, -0.15) is 0 Å². The molecule has 0 atom stereocenters. The molecule has 77 heavy (non-hydrogen) atoms. The van der Waals surface area contributed by atoms with Crippen LogP contribution in [-0.2, 0) is 42.6 Å². The summed E-state index contributed by atoms with van der Waals surface area (Å²) in [6.07, 6.45) is 0.139. The molecular formula is C58H72N8O11. The van der Waals surface area contributed by atoms with Crippen LogP contribution in [0.1, 0.15) is 105 Å². The van der Waals surface area contributed by atoms with E-state index < -0.39 is 34.8 Å². The number of aryl methyl sites for hydroxylation is 2. The summed E-state index contributed by atoms with van der Waals surface area (Å²) in [4.78, 5) is 77.3. The second kappa shape index (κ2) is 24.0. The average molecular weight is 1060 g/mol. The molecule has 2 aliphatic heterocycles. The number of carboxylic acids is 1. The highest BCUT2D eigenvalue weighted by molar-refractivity contribution is 6.01. The maximum Gasteiger partial charge on any atom is 0.410 e. The van der Waals surface area contributed by atoms with E-state index in [9.17, 15) is 33.9 Å². The fraction of sp³-hybridized carbons (Fsp3) is 0.414. The van der Waals surface area contributed by atoms with Crippen molar-refractivity contribution in [2.75, 3.05) is 63.6 Å². The average Bonchev–Trinajstić information content (AvgIpc) is 4.06.